The molecule has 3 aromatic rings. The van der Waals surface area contributed by atoms with Crippen LogP contribution in [0.15, 0.2) is 51.7 Å². The number of carbonyl (C=O) groups is 2. The maximum Gasteiger partial charge on any atom is 0.336 e. The fraction of sp³-hybridized carbons (Fsp3) is 0.320. The first kappa shape index (κ1) is 24.7. The molecular formula is C25H24ClFN2O6. The molecule has 0 aliphatic carbocycles. The summed E-state index contributed by atoms with van der Waals surface area (Å²) >= 11 is 6.20. The summed E-state index contributed by atoms with van der Waals surface area (Å²) in [7, 11) is 3.12. The van der Waals surface area contributed by atoms with Crippen LogP contribution in [0.3, 0.4) is 0 Å². The smallest absolute Gasteiger partial charge is 0.336 e. The van der Waals surface area contributed by atoms with Crippen LogP contribution in [0, 0.1) is 5.82 Å². The number of benzene rings is 2. The number of carbonyl (C=O) groups excluding carboxylic acids is 2. The van der Waals surface area contributed by atoms with E-state index in [1.807, 2.05) is 4.90 Å². The Balaban J connectivity index is 1.56. The van der Waals surface area contributed by atoms with E-state index in [1.165, 1.54) is 37.4 Å². The molecule has 0 spiro atoms. The van der Waals surface area contributed by atoms with Crippen LogP contribution < -0.4 is 10.4 Å². The number of ether oxygens (including phenoxy) is 2. The molecule has 1 aliphatic heterocycles. The van der Waals surface area contributed by atoms with E-state index in [2.05, 4.69) is 0 Å². The number of amides is 1. The average molecular weight is 503 g/mol. The van der Waals surface area contributed by atoms with Crippen LogP contribution in [-0.4, -0.2) is 67.6 Å². The van der Waals surface area contributed by atoms with Gasteiger partial charge in [-0.3, -0.25) is 14.5 Å². The van der Waals surface area contributed by atoms with E-state index in [4.69, 9.17) is 25.5 Å². The molecule has 4 rings (SSSR count). The number of likely N-dealkylation sites (N-methyl/N-ethyl adjacent to an activating group) is 1. The summed E-state index contributed by atoms with van der Waals surface area (Å²) < 4.78 is 29.5. The van der Waals surface area contributed by atoms with Crippen LogP contribution in [0.25, 0.3) is 22.1 Å². The molecule has 2 unspecified atom stereocenters. The van der Waals surface area contributed by atoms with Gasteiger partial charge in [-0.05, 0) is 44.3 Å². The van der Waals surface area contributed by atoms with Crippen molar-refractivity contribution in [3.63, 3.8) is 0 Å². The molecule has 1 aromatic heterocycles. The molecule has 0 N–H and O–H groups in total. The molecule has 1 aliphatic rings. The Kier molecular flexibility index (Phi) is 7.09. The summed E-state index contributed by atoms with van der Waals surface area (Å²) in [6, 6.07) is 9.52. The van der Waals surface area contributed by atoms with E-state index in [9.17, 15) is 18.8 Å². The van der Waals surface area contributed by atoms with Crippen molar-refractivity contribution < 1.29 is 27.9 Å². The van der Waals surface area contributed by atoms with Gasteiger partial charge in [-0.2, -0.15) is 0 Å². The van der Waals surface area contributed by atoms with Crippen molar-refractivity contribution in [2.45, 2.75) is 19.1 Å². The highest BCUT2D eigenvalue weighted by Gasteiger charge is 2.34. The molecule has 1 saturated heterocycles. The number of halogens is 2. The minimum atomic E-state index is -0.851. The normalized spacial score (nSPS) is 17.3. The Labute approximate surface area is 205 Å². The molecule has 1 fully saturated rings. The van der Waals surface area contributed by atoms with Crippen molar-refractivity contribution in [1.82, 2.24) is 9.80 Å². The zero-order valence-corrected chi connectivity index (χ0v) is 20.2. The molecule has 2 atom stereocenters. The maximum atomic E-state index is 13.5. The van der Waals surface area contributed by atoms with E-state index in [0.717, 1.165) is 0 Å². The number of methoxy groups -OCH3 is 1. The third-order valence-electron chi connectivity index (χ3n) is 6.03. The van der Waals surface area contributed by atoms with Crippen molar-refractivity contribution in [1.29, 1.82) is 0 Å². The van der Waals surface area contributed by atoms with Gasteiger partial charge in [0.2, 0.25) is 0 Å². The fourth-order valence-electron chi connectivity index (χ4n) is 4.12. The van der Waals surface area contributed by atoms with E-state index >= 15 is 0 Å². The molecule has 0 saturated carbocycles. The Hall–Kier alpha value is -3.43. The topological polar surface area (TPSA) is 89.3 Å². The van der Waals surface area contributed by atoms with Crippen molar-refractivity contribution in [3.8, 4) is 16.9 Å². The fourth-order valence-corrected chi connectivity index (χ4v) is 4.39. The molecule has 1 amide bonds. The Morgan fingerprint density at radius 3 is 2.63 bits per heavy atom. The molecule has 0 radical (unpaired) electrons. The molecule has 35 heavy (non-hydrogen) atoms. The van der Waals surface area contributed by atoms with Crippen molar-refractivity contribution in [3.05, 3.63) is 63.7 Å². The third-order valence-corrected chi connectivity index (χ3v) is 6.34. The lowest BCUT2D eigenvalue weighted by molar-refractivity contribution is -0.152. The van der Waals surface area contributed by atoms with Crippen LogP contribution in [0.4, 0.5) is 4.39 Å². The number of nitrogens with zero attached hydrogens (tertiary/aromatic N) is 2. The first-order valence-electron chi connectivity index (χ1n) is 10.9. The van der Waals surface area contributed by atoms with Crippen LogP contribution in [-0.2, 0) is 14.3 Å². The van der Waals surface area contributed by atoms with Crippen molar-refractivity contribution >= 4 is 34.4 Å². The first-order chi connectivity index (χ1) is 16.7. The largest absolute Gasteiger partial charge is 0.481 e. The minimum Gasteiger partial charge on any atom is -0.481 e. The van der Waals surface area contributed by atoms with Crippen LogP contribution in [0.5, 0.6) is 5.75 Å². The van der Waals surface area contributed by atoms with Gasteiger partial charge in [-0.1, -0.05) is 11.6 Å². The van der Waals surface area contributed by atoms with Gasteiger partial charge in [0, 0.05) is 48.3 Å². The third kappa shape index (κ3) is 5.16. The van der Waals surface area contributed by atoms with E-state index in [-0.39, 0.29) is 23.1 Å². The van der Waals surface area contributed by atoms with Gasteiger partial charge in [0.15, 0.2) is 6.10 Å². The zero-order chi connectivity index (χ0) is 25.3. The van der Waals surface area contributed by atoms with Gasteiger partial charge in [0.1, 0.15) is 23.2 Å². The second-order valence-electron chi connectivity index (χ2n) is 8.33. The highest BCUT2D eigenvalue weighted by molar-refractivity contribution is 6.33. The predicted octanol–water partition coefficient (Wildman–Crippen LogP) is 3.34. The van der Waals surface area contributed by atoms with Gasteiger partial charge in [-0.15, -0.1) is 0 Å². The molecule has 8 nitrogen and oxygen atoms in total. The highest BCUT2D eigenvalue weighted by Crippen LogP contribution is 2.34. The summed E-state index contributed by atoms with van der Waals surface area (Å²) in [5.41, 5.74) is 0.595. The molecule has 2 aromatic carbocycles. The highest BCUT2D eigenvalue weighted by atomic mass is 35.5. The number of piperazine rings is 1. The second-order valence-corrected chi connectivity index (χ2v) is 8.73. The quantitative estimate of drug-likeness (QED) is 0.390. The van der Waals surface area contributed by atoms with Crippen molar-refractivity contribution in [2.24, 2.45) is 0 Å². The average Bonchev–Trinajstić information content (AvgIpc) is 2.82. The zero-order valence-electron chi connectivity index (χ0n) is 19.4. The second kappa shape index (κ2) is 10.1. The monoisotopic (exact) mass is 502 g/mol. The summed E-state index contributed by atoms with van der Waals surface area (Å²) in [6.45, 7) is 2.78. The Morgan fingerprint density at radius 1 is 1.14 bits per heavy atom. The van der Waals surface area contributed by atoms with Gasteiger partial charge in [-0.25, -0.2) is 9.18 Å². The van der Waals surface area contributed by atoms with Gasteiger partial charge in [0.25, 0.3) is 5.91 Å². The molecular weight excluding hydrogens is 479 g/mol. The van der Waals surface area contributed by atoms with Gasteiger partial charge in [0.05, 0.1) is 12.1 Å². The maximum absolute atomic E-state index is 13.5. The van der Waals surface area contributed by atoms with Crippen LogP contribution >= 0.6 is 11.6 Å². The standard InChI is InChI=1S/C25H24ClFN2O6/c1-14(24(31)29-9-8-28(2)21(13-29)25(32)33-3)34-16-5-7-18-19(12-23(30)35-22(18)11-16)17-6-4-15(27)10-20(17)26/h4-7,10-12,14,21H,8-9,13H2,1-3H3. The first-order valence-corrected chi connectivity index (χ1v) is 11.3. The summed E-state index contributed by atoms with van der Waals surface area (Å²) in [5, 5.41) is 0.735. The molecule has 184 valence electrons. The predicted molar refractivity (Wildman–Crippen MR) is 128 cm³/mol. The number of esters is 1. The molecule has 2 heterocycles. The Morgan fingerprint density at radius 2 is 1.91 bits per heavy atom. The number of rotatable bonds is 5. The molecule has 10 heteroatoms. The van der Waals surface area contributed by atoms with E-state index in [0.29, 0.717) is 35.4 Å². The summed E-state index contributed by atoms with van der Waals surface area (Å²) in [4.78, 5) is 40.7. The number of hydrogen-bond acceptors (Lipinski definition) is 7. The lowest BCUT2D eigenvalue weighted by atomic mass is 10.0. The summed E-state index contributed by atoms with van der Waals surface area (Å²) in [5.74, 6) is -0.846. The van der Waals surface area contributed by atoms with Gasteiger partial charge < -0.3 is 18.8 Å². The van der Waals surface area contributed by atoms with Crippen molar-refractivity contribution in [2.75, 3.05) is 33.8 Å². The van der Waals surface area contributed by atoms with E-state index in [1.54, 1.807) is 31.0 Å². The lowest BCUT2D eigenvalue weighted by Crippen LogP contribution is -2.58. The summed E-state index contributed by atoms with van der Waals surface area (Å²) in [6.07, 6.45) is -0.851. The van der Waals surface area contributed by atoms with Gasteiger partial charge >= 0.3 is 11.6 Å². The number of fused-ring (bicyclic) bond motifs is 1. The Bertz CT molecular complexity index is 1340. The lowest BCUT2D eigenvalue weighted by Gasteiger charge is -2.38. The molecule has 0 bridgehead atoms. The minimum absolute atomic E-state index is 0.161. The number of hydrogen-bond donors (Lipinski definition) is 0. The van der Waals surface area contributed by atoms with E-state index < -0.39 is 29.6 Å². The van der Waals surface area contributed by atoms with Crippen LogP contribution in [0.1, 0.15) is 6.92 Å². The van der Waals surface area contributed by atoms with Crippen LogP contribution in [0.2, 0.25) is 5.02 Å². The SMILES string of the molecule is COC(=O)C1CN(C(=O)C(C)Oc2ccc3c(-c4ccc(F)cc4Cl)cc(=O)oc3c2)CCN1C.